The highest BCUT2D eigenvalue weighted by atomic mass is 15.0. The molecule has 62 heavy (non-hydrogen) atoms. The number of hydrogen-bond acceptors (Lipinski definition) is 0. The lowest BCUT2D eigenvalue weighted by Gasteiger charge is -2.13. The first-order valence-electron chi connectivity index (χ1n) is 21.3. The monoisotopic (exact) mass is 788 g/mol. The van der Waals surface area contributed by atoms with E-state index < -0.39 is 0 Å². The highest BCUT2D eigenvalue weighted by Crippen LogP contribution is 2.40. The van der Waals surface area contributed by atoms with Crippen molar-refractivity contribution in [1.29, 1.82) is 0 Å². The minimum absolute atomic E-state index is 1.13. The summed E-state index contributed by atoms with van der Waals surface area (Å²) in [5.41, 5.74) is 19.0. The van der Waals surface area contributed by atoms with Crippen LogP contribution in [-0.2, 0) is 0 Å². The number of aromatic nitrogens is 2. The Morgan fingerprint density at radius 1 is 0.177 bits per heavy atom. The Kier molecular flexibility index (Phi) is 8.53. The van der Waals surface area contributed by atoms with Crippen molar-refractivity contribution in [3.05, 3.63) is 243 Å². The molecule has 0 spiro atoms. The van der Waals surface area contributed by atoms with Gasteiger partial charge in [0.25, 0.3) is 0 Å². The molecule has 0 saturated carbocycles. The van der Waals surface area contributed by atoms with Crippen LogP contribution in [0.2, 0.25) is 0 Å². The van der Waals surface area contributed by atoms with Crippen molar-refractivity contribution < 1.29 is 0 Å². The molecule has 12 rings (SSSR count). The van der Waals surface area contributed by atoms with E-state index in [0.29, 0.717) is 0 Å². The Morgan fingerprint density at radius 3 is 1.03 bits per heavy atom. The lowest BCUT2D eigenvalue weighted by molar-refractivity contribution is 1.18. The maximum absolute atomic E-state index is 2.43. The quantitative estimate of drug-likeness (QED) is 0.152. The summed E-state index contributed by atoms with van der Waals surface area (Å²) in [6, 6.07) is 88.4. The van der Waals surface area contributed by atoms with Crippen LogP contribution in [0.25, 0.3) is 111 Å². The molecule has 10 aromatic carbocycles. The van der Waals surface area contributed by atoms with Crippen LogP contribution in [0.15, 0.2) is 243 Å². The Morgan fingerprint density at radius 2 is 0.532 bits per heavy atom. The molecule has 0 bridgehead atoms. The van der Waals surface area contributed by atoms with Crippen LogP contribution < -0.4 is 0 Å². The van der Waals surface area contributed by atoms with Crippen molar-refractivity contribution in [2.75, 3.05) is 0 Å². The van der Waals surface area contributed by atoms with E-state index in [-0.39, 0.29) is 0 Å². The van der Waals surface area contributed by atoms with E-state index in [1.807, 2.05) is 0 Å². The van der Waals surface area contributed by atoms with Gasteiger partial charge in [-0.1, -0.05) is 176 Å². The number of benzene rings is 10. The molecule has 2 aromatic heterocycles. The first-order valence-corrected chi connectivity index (χ1v) is 21.3. The Hall–Kier alpha value is -8.20. The number of fused-ring (bicyclic) bond motifs is 6. The SMILES string of the molecule is c1ccc(-c2cc(-c3ccccc3)cc(-c3ccc(-n4c5ccccc5c5ccc(-c6ccc7c8ccccc8n(-c8cccc(-c9ccccc9)c8)c7c6)cc54)cc3)c2)cc1. The Balaban J connectivity index is 0.980. The van der Waals surface area contributed by atoms with E-state index in [1.165, 1.54) is 99.2 Å². The van der Waals surface area contributed by atoms with Gasteiger partial charge in [-0.05, 0) is 122 Å². The summed E-state index contributed by atoms with van der Waals surface area (Å²) < 4.78 is 4.86. The molecule has 0 atom stereocenters. The summed E-state index contributed by atoms with van der Waals surface area (Å²) in [5.74, 6) is 0. The second-order valence-electron chi connectivity index (χ2n) is 16.2. The van der Waals surface area contributed by atoms with Gasteiger partial charge in [0.2, 0.25) is 0 Å². The normalized spacial score (nSPS) is 11.5. The van der Waals surface area contributed by atoms with Gasteiger partial charge >= 0.3 is 0 Å². The second kappa shape index (κ2) is 14.8. The molecule has 0 amide bonds. The van der Waals surface area contributed by atoms with E-state index in [0.717, 1.165) is 11.4 Å². The topological polar surface area (TPSA) is 9.86 Å². The van der Waals surface area contributed by atoms with Gasteiger partial charge in [0.15, 0.2) is 0 Å². The fraction of sp³-hybridized carbons (Fsp3) is 0. The van der Waals surface area contributed by atoms with Gasteiger partial charge in [-0.3, -0.25) is 0 Å². The maximum Gasteiger partial charge on any atom is 0.0547 e. The summed E-state index contributed by atoms with van der Waals surface area (Å²) >= 11 is 0. The van der Waals surface area contributed by atoms with Crippen molar-refractivity contribution in [2.45, 2.75) is 0 Å². The van der Waals surface area contributed by atoms with Gasteiger partial charge in [-0.25, -0.2) is 0 Å². The number of hydrogen-bond donors (Lipinski definition) is 0. The maximum atomic E-state index is 2.43. The molecular formula is C60H40N2. The molecule has 2 heterocycles. The van der Waals surface area contributed by atoms with Crippen LogP contribution in [0, 0.1) is 0 Å². The van der Waals surface area contributed by atoms with Gasteiger partial charge in [0.1, 0.15) is 0 Å². The minimum Gasteiger partial charge on any atom is -0.309 e. The average molecular weight is 789 g/mol. The molecule has 0 aliphatic rings. The number of nitrogens with zero attached hydrogens (tertiary/aromatic N) is 2. The molecule has 0 N–H and O–H groups in total. The molecule has 0 aliphatic carbocycles. The third-order valence-corrected chi connectivity index (χ3v) is 12.5. The summed E-state index contributed by atoms with van der Waals surface area (Å²) in [5, 5.41) is 4.98. The van der Waals surface area contributed by atoms with E-state index >= 15 is 0 Å². The van der Waals surface area contributed by atoms with Gasteiger partial charge < -0.3 is 9.13 Å². The van der Waals surface area contributed by atoms with Crippen molar-refractivity contribution >= 4 is 43.6 Å². The third-order valence-electron chi connectivity index (χ3n) is 12.5. The van der Waals surface area contributed by atoms with Crippen molar-refractivity contribution in [2.24, 2.45) is 0 Å². The summed E-state index contributed by atoms with van der Waals surface area (Å²) in [4.78, 5) is 0. The van der Waals surface area contributed by atoms with E-state index in [2.05, 4.69) is 252 Å². The Labute approximate surface area is 360 Å². The smallest absolute Gasteiger partial charge is 0.0547 e. The summed E-state index contributed by atoms with van der Waals surface area (Å²) in [7, 11) is 0. The number of para-hydroxylation sites is 2. The second-order valence-corrected chi connectivity index (χ2v) is 16.2. The molecule has 2 nitrogen and oxygen atoms in total. The van der Waals surface area contributed by atoms with Crippen molar-refractivity contribution in [3.8, 4) is 67.0 Å². The molecular weight excluding hydrogens is 749 g/mol. The molecule has 0 aliphatic heterocycles. The van der Waals surface area contributed by atoms with Crippen molar-refractivity contribution in [3.63, 3.8) is 0 Å². The van der Waals surface area contributed by atoms with Crippen LogP contribution in [-0.4, -0.2) is 9.13 Å². The van der Waals surface area contributed by atoms with Crippen LogP contribution in [0.5, 0.6) is 0 Å². The van der Waals surface area contributed by atoms with Gasteiger partial charge in [0.05, 0.1) is 22.1 Å². The first-order chi connectivity index (χ1) is 30.7. The predicted molar refractivity (Wildman–Crippen MR) is 262 cm³/mol. The predicted octanol–water partition coefficient (Wildman–Crippen LogP) is 16.2. The third kappa shape index (κ3) is 6.12. The summed E-state index contributed by atoms with van der Waals surface area (Å²) in [6.07, 6.45) is 0. The lowest BCUT2D eigenvalue weighted by Crippen LogP contribution is -1.95. The number of rotatable bonds is 7. The van der Waals surface area contributed by atoms with Gasteiger partial charge in [-0.2, -0.15) is 0 Å². The van der Waals surface area contributed by atoms with Gasteiger partial charge in [0, 0.05) is 32.9 Å². The van der Waals surface area contributed by atoms with Crippen LogP contribution in [0.1, 0.15) is 0 Å². The summed E-state index contributed by atoms with van der Waals surface area (Å²) in [6.45, 7) is 0. The van der Waals surface area contributed by atoms with Crippen LogP contribution in [0.3, 0.4) is 0 Å². The fourth-order valence-electron chi connectivity index (χ4n) is 9.50. The molecule has 2 heteroatoms. The first kappa shape index (κ1) is 35.7. The molecule has 12 aromatic rings. The largest absolute Gasteiger partial charge is 0.309 e. The lowest BCUT2D eigenvalue weighted by atomic mass is 9.93. The van der Waals surface area contributed by atoms with Gasteiger partial charge in [-0.15, -0.1) is 0 Å². The standard InChI is InChI=1S/C60H40N2/c1-4-15-41(16-5-1)45-21-14-22-52(38-45)62-58-26-13-11-24-54(58)56-34-30-47(40-60(56)62)46-29-33-55-53-23-10-12-25-57(53)61(59(55)39-46)51-31-27-44(28-32-51)50-36-48(42-17-6-2-7-18-42)35-49(37-50)43-19-8-3-9-20-43/h1-40H. The zero-order chi connectivity index (χ0) is 41.0. The van der Waals surface area contributed by atoms with E-state index in [9.17, 15) is 0 Å². The zero-order valence-electron chi connectivity index (χ0n) is 34.0. The van der Waals surface area contributed by atoms with Crippen LogP contribution >= 0.6 is 0 Å². The van der Waals surface area contributed by atoms with Crippen LogP contribution in [0.4, 0.5) is 0 Å². The average Bonchev–Trinajstić information content (AvgIpc) is 3.87. The zero-order valence-corrected chi connectivity index (χ0v) is 34.0. The molecule has 0 radical (unpaired) electrons. The Bertz CT molecular complexity index is 3540. The minimum atomic E-state index is 1.13. The molecule has 290 valence electrons. The highest BCUT2D eigenvalue weighted by Gasteiger charge is 2.17. The molecule has 0 fully saturated rings. The highest BCUT2D eigenvalue weighted by molar-refractivity contribution is 6.12. The molecule has 0 saturated heterocycles. The fourth-order valence-corrected chi connectivity index (χ4v) is 9.50. The van der Waals surface area contributed by atoms with E-state index in [1.54, 1.807) is 0 Å². The van der Waals surface area contributed by atoms with Crippen molar-refractivity contribution in [1.82, 2.24) is 9.13 Å². The molecule has 0 unspecified atom stereocenters. The van der Waals surface area contributed by atoms with E-state index in [4.69, 9.17) is 0 Å².